The maximum Gasteiger partial charge on any atom is 0.217 e. The molecular weight excluding hydrogens is 392 g/mol. The Hall–Kier alpha value is -0.280. The number of nitrogens with zero attached hydrogens (tertiary/aromatic N) is 1. The van der Waals surface area contributed by atoms with Gasteiger partial charge in [-0.25, -0.2) is 0 Å². The number of carbonyl (C=O) groups is 1. The highest BCUT2D eigenvalue weighted by Gasteiger charge is 2.16. The minimum absolute atomic E-state index is 0. The summed E-state index contributed by atoms with van der Waals surface area (Å²) in [6.07, 6.45) is 20.9. The average molecular weight is 449 g/mol. The third-order valence-corrected chi connectivity index (χ3v) is 6.71. The fourth-order valence-electron chi connectivity index (χ4n) is 4.01. The zero-order chi connectivity index (χ0) is 22.2. The van der Waals surface area contributed by atoms with Crippen LogP contribution in [-0.4, -0.2) is 36.6 Å². The summed E-state index contributed by atoms with van der Waals surface area (Å²) in [5.74, 6) is -0.153. The minimum Gasteiger partial charge on any atom is -1.00 e. The molecule has 30 heavy (non-hydrogen) atoms. The zero-order valence-corrected chi connectivity index (χ0v) is 22.2. The zero-order valence-electron chi connectivity index (χ0n) is 21.5. The first kappa shape index (κ1) is 34.3. The highest BCUT2D eigenvalue weighted by molar-refractivity contribution is 5.73. The number of rotatable bonds is 20. The summed E-state index contributed by atoms with van der Waals surface area (Å²) in [4.78, 5) is 10.6. The van der Waals surface area contributed by atoms with Crippen molar-refractivity contribution in [1.29, 1.82) is 0 Å². The normalized spacial score (nSPS) is 10.8. The van der Waals surface area contributed by atoms with Crippen LogP contribution in [0.1, 0.15) is 137 Å². The Kier molecular flexibility index (Phi) is 30.6. The molecule has 1 amide bonds. The molecule has 0 fully saturated rings. The van der Waals surface area contributed by atoms with E-state index >= 15 is 0 Å². The quantitative estimate of drug-likeness (QED) is 0.214. The highest BCUT2D eigenvalue weighted by Crippen LogP contribution is 2.13. The molecular formula is C26H57ClN2O. The second kappa shape index (κ2) is 26.8. The largest absolute Gasteiger partial charge is 1.00 e. The minimum atomic E-state index is -0.153. The van der Waals surface area contributed by atoms with Gasteiger partial charge in [0.15, 0.2) is 0 Å². The van der Waals surface area contributed by atoms with Crippen molar-refractivity contribution in [1.82, 2.24) is 0 Å². The Labute approximate surface area is 196 Å². The second-order valence-corrected chi connectivity index (χ2v) is 8.77. The van der Waals surface area contributed by atoms with Crippen molar-refractivity contribution < 1.29 is 21.7 Å². The van der Waals surface area contributed by atoms with Crippen LogP contribution < -0.4 is 18.1 Å². The molecule has 0 aliphatic carbocycles. The molecule has 0 aliphatic heterocycles. The van der Waals surface area contributed by atoms with Gasteiger partial charge in [-0.3, -0.25) is 4.79 Å². The maximum atomic E-state index is 10.6. The van der Waals surface area contributed by atoms with Gasteiger partial charge < -0.3 is 22.6 Å². The van der Waals surface area contributed by atoms with Gasteiger partial charge in [-0.2, -0.15) is 0 Å². The van der Waals surface area contributed by atoms with E-state index in [9.17, 15) is 4.79 Å². The monoisotopic (exact) mass is 448 g/mol. The van der Waals surface area contributed by atoms with Crippen LogP contribution in [0.4, 0.5) is 0 Å². The number of hydrogen-bond donors (Lipinski definition) is 1. The van der Waals surface area contributed by atoms with E-state index in [1.54, 1.807) is 0 Å². The Morgan fingerprint density at radius 1 is 0.533 bits per heavy atom. The molecule has 0 bridgehead atoms. The number of nitrogens with two attached hydrogens (primary N) is 1. The lowest BCUT2D eigenvalue weighted by Crippen LogP contribution is -3.00. The Morgan fingerprint density at radius 2 is 0.800 bits per heavy atom. The van der Waals surface area contributed by atoms with E-state index in [-0.39, 0.29) is 18.3 Å². The van der Waals surface area contributed by atoms with Crippen LogP contribution in [0.5, 0.6) is 0 Å². The first-order valence-electron chi connectivity index (χ1n) is 13.1. The average Bonchev–Trinajstić information content (AvgIpc) is 2.73. The molecule has 3 nitrogen and oxygen atoms in total. The number of halogens is 1. The van der Waals surface area contributed by atoms with E-state index in [2.05, 4.69) is 34.6 Å². The number of carbonyl (C=O) groups excluding carboxylic acids is 1. The van der Waals surface area contributed by atoms with Crippen molar-refractivity contribution in [3.63, 3.8) is 0 Å². The van der Waals surface area contributed by atoms with Gasteiger partial charge in [0.25, 0.3) is 0 Å². The van der Waals surface area contributed by atoms with E-state index in [4.69, 9.17) is 5.73 Å². The second-order valence-electron chi connectivity index (χ2n) is 8.77. The predicted molar refractivity (Wildman–Crippen MR) is 131 cm³/mol. The fraction of sp³-hybridized carbons (Fsp3) is 0.962. The van der Waals surface area contributed by atoms with Gasteiger partial charge in [-0.05, 0) is 34.1 Å². The van der Waals surface area contributed by atoms with Crippen LogP contribution in [0, 0.1) is 0 Å². The van der Waals surface area contributed by atoms with Gasteiger partial charge in [0.2, 0.25) is 5.91 Å². The van der Waals surface area contributed by atoms with Crippen LogP contribution in [0.2, 0.25) is 0 Å². The van der Waals surface area contributed by atoms with Crippen LogP contribution in [0.15, 0.2) is 0 Å². The van der Waals surface area contributed by atoms with Crippen molar-refractivity contribution in [2.45, 2.75) is 137 Å². The fourth-order valence-corrected chi connectivity index (χ4v) is 4.01. The number of unbranched alkanes of at least 4 members (excludes halogenated alkanes) is 14. The van der Waals surface area contributed by atoms with Crippen molar-refractivity contribution in [2.24, 2.45) is 5.73 Å². The van der Waals surface area contributed by atoms with E-state index in [1.165, 1.54) is 121 Å². The number of hydrogen-bond acceptors (Lipinski definition) is 1. The third-order valence-electron chi connectivity index (χ3n) is 6.71. The van der Waals surface area contributed by atoms with Crippen molar-refractivity contribution in [3.05, 3.63) is 0 Å². The standard InChI is InChI=1S/C18H37NO.C8H20N.ClH/c1-2-3-4-5-6-7-8-9-10-11-12-13-14-15-16-17-18(19)20;1-5-9(6-2,7-3)8-4;/h2-17H2,1H3,(H2,19,20);5-8H2,1-4H3;1H/q;+1;/p-1. The molecule has 184 valence electrons. The van der Waals surface area contributed by atoms with Crippen molar-refractivity contribution in [2.75, 3.05) is 26.2 Å². The summed E-state index contributed by atoms with van der Waals surface area (Å²) < 4.78 is 1.28. The summed E-state index contributed by atoms with van der Waals surface area (Å²) in [6, 6.07) is 0. The molecule has 0 saturated heterocycles. The lowest BCUT2D eigenvalue weighted by Gasteiger charge is -2.34. The van der Waals surface area contributed by atoms with E-state index in [1.807, 2.05) is 0 Å². The van der Waals surface area contributed by atoms with Gasteiger partial charge in [0.05, 0.1) is 26.2 Å². The Bertz CT molecular complexity index is 315. The van der Waals surface area contributed by atoms with Crippen LogP contribution in [0.3, 0.4) is 0 Å². The van der Waals surface area contributed by atoms with Gasteiger partial charge >= 0.3 is 0 Å². The van der Waals surface area contributed by atoms with Gasteiger partial charge in [-0.15, -0.1) is 0 Å². The SMILES string of the molecule is CCCCCCCCCCCCCCCCCC(N)=O.CC[N+](CC)(CC)CC.[Cl-]. The molecule has 0 saturated carbocycles. The molecule has 0 rings (SSSR count). The summed E-state index contributed by atoms with van der Waals surface area (Å²) in [5.41, 5.74) is 5.11. The molecule has 0 aromatic rings. The maximum absolute atomic E-state index is 10.6. The lowest BCUT2D eigenvalue weighted by molar-refractivity contribution is -0.921. The Balaban J connectivity index is -0.000000616. The molecule has 0 radical (unpaired) electrons. The summed E-state index contributed by atoms with van der Waals surface area (Å²) in [5, 5.41) is 0. The predicted octanol–water partition coefficient (Wildman–Crippen LogP) is 4.62. The van der Waals surface area contributed by atoms with E-state index < -0.39 is 0 Å². The molecule has 0 aromatic heterocycles. The highest BCUT2D eigenvalue weighted by atomic mass is 35.5. The van der Waals surface area contributed by atoms with Crippen LogP contribution in [0.25, 0.3) is 0 Å². The molecule has 0 aromatic carbocycles. The molecule has 0 unspecified atom stereocenters. The number of primary amides is 1. The number of amides is 1. The van der Waals surface area contributed by atoms with Gasteiger partial charge in [0.1, 0.15) is 0 Å². The van der Waals surface area contributed by atoms with E-state index in [0.29, 0.717) is 6.42 Å². The molecule has 0 aliphatic rings. The molecule has 2 N–H and O–H groups in total. The van der Waals surface area contributed by atoms with Crippen molar-refractivity contribution >= 4 is 5.91 Å². The molecule has 0 heterocycles. The first-order chi connectivity index (χ1) is 14.0. The summed E-state index contributed by atoms with van der Waals surface area (Å²) in [6.45, 7) is 16.5. The summed E-state index contributed by atoms with van der Waals surface area (Å²) >= 11 is 0. The van der Waals surface area contributed by atoms with Gasteiger partial charge in [0, 0.05) is 6.42 Å². The third kappa shape index (κ3) is 24.0. The number of quaternary nitrogens is 1. The van der Waals surface area contributed by atoms with Crippen LogP contribution in [-0.2, 0) is 4.79 Å². The molecule has 4 heteroatoms. The van der Waals surface area contributed by atoms with Crippen molar-refractivity contribution in [3.8, 4) is 0 Å². The Morgan fingerprint density at radius 3 is 1.00 bits per heavy atom. The molecule has 0 atom stereocenters. The lowest BCUT2D eigenvalue weighted by atomic mass is 10.0. The summed E-state index contributed by atoms with van der Waals surface area (Å²) in [7, 11) is 0. The topological polar surface area (TPSA) is 43.1 Å². The smallest absolute Gasteiger partial charge is 0.217 e. The van der Waals surface area contributed by atoms with E-state index in [0.717, 1.165) is 6.42 Å². The van der Waals surface area contributed by atoms with Gasteiger partial charge in [-0.1, -0.05) is 96.8 Å². The van der Waals surface area contributed by atoms with Crippen LogP contribution >= 0.6 is 0 Å². The molecule has 0 spiro atoms. The first-order valence-corrected chi connectivity index (χ1v) is 13.1.